The molecule has 1 N–H and O–H groups in total. The van der Waals surface area contributed by atoms with Crippen LogP contribution in [-0.2, 0) is 30.1 Å². The molecule has 0 radical (unpaired) electrons. The lowest BCUT2D eigenvalue weighted by Crippen LogP contribution is -2.44. The van der Waals surface area contributed by atoms with Crippen molar-refractivity contribution < 1.29 is 28.4 Å². The van der Waals surface area contributed by atoms with Crippen LogP contribution in [0.2, 0.25) is 0 Å². The molecule has 5 rings (SSSR count). The Hall–Kier alpha value is -3.75. The number of nitrogens with one attached hydrogen (secondary N) is 1. The number of amides is 1. The van der Waals surface area contributed by atoms with E-state index in [1.165, 1.54) is 16.7 Å². The highest BCUT2D eigenvalue weighted by Crippen LogP contribution is 2.44. The smallest absolute Gasteiger partial charge is 0.449 e. The van der Waals surface area contributed by atoms with Gasteiger partial charge in [-0.3, -0.25) is 9.59 Å². The Bertz CT molecular complexity index is 1570. The topological polar surface area (TPSA) is 90.9 Å². The molecule has 0 aromatic heterocycles. The van der Waals surface area contributed by atoms with Crippen molar-refractivity contribution in [3.05, 3.63) is 89.5 Å². The monoisotopic (exact) mass is 665 g/mol. The second-order valence-corrected chi connectivity index (χ2v) is 15.1. The molecule has 3 aromatic rings. The minimum Gasteiger partial charge on any atom is -0.449 e. The van der Waals surface area contributed by atoms with Crippen LogP contribution in [0.4, 0.5) is 4.79 Å². The molecule has 2 aliphatic rings. The lowest BCUT2D eigenvalue weighted by molar-refractivity contribution is -0.124. The summed E-state index contributed by atoms with van der Waals surface area (Å²) in [7, 11) is -0.382. The second kappa shape index (κ2) is 15.4. The van der Waals surface area contributed by atoms with Gasteiger partial charge in [-0.25, -0.2) is 4.79 Å². The number of carbonyl (C=O) groups is 3. The van der Waals surface area contributed by atoms with Gasteiger partial charge < -0.3 is 19.4 Å². The van der Waals surface area contributed by atoms with Crippen LogP contribution in [0.15, 0.2) is 72.8 Å². The second-order valence-electron chi connectivity index (χ2n) is 15.1. The normalized spacial score (nSPS) is 17.3. The van der Waals surface area contributed by atoms with E-state index in [9.17, 15) is 14.4 Å². The number of Topliss-reactive ketones (excluding diaryl/α,β-unsaturated/α-hetero) is 2. The number of hydrogen-bond donors (Lipinski definition) is 1. The summed E-state index contributed by atoms with van der Waals surface area (Å²) in [6, 6.07) is 24.0. The first-order valence-electron chi connectivity index (χ1n) is 17.9. The molecule has 1 heterocycles. The van der Waals surface area contributed by atoms with Crippen molar-refractivity contribution in [1.29, 1.82) is 0 Å². The van der Waals surface area contributed by atoms with Gasteiger partial charge in [0.05, 0.1) is 17.2 Å². The number of carbonyl (C=O) groups excluding carboxylic acids is 3. The Kier molecular flexibility index (Phi) is 11.5. The van der Waals surface area contributed by atoms with Crippen LogP contribution in [0.3, 0.4) is 0 Å². The highest BCUT2D eigenvalue weighted by Gasteiger charge is 2.51. The Balaban J connectivity index is 1.02. The third-order valence-corrected chi connectivity index (χ3v) is 10.6. The van der Waals surface area contributed by atoms with Crippen molar-refractivity contribution in [2.45, 2.75) is 110 Å². The first-order valence-corrected chi connectivity index (χ1v) is 17.9. The molecule has 0 saturated carbocycles. The summed E-state index contributed by atoms with van der Waals surface area (Å²) >= 11 is 0. The van der Waals surface area contributed by atoms with Gasteiger partial charge in [-0.2, -0.15) is 0 Å². The van der Waals surface area contributed by atoms with E-state index in [1.807, 2.05) is 84.9 Å². The van der Waals surface area contributed by atoms with Crippen molar-refractivity contribution in [1.82, 2.24) is 5.32 Å². The maximum absolute atomic E-state index is 13.2. The van der Waals surface area contributed by atoms with Gasteiger partial charge >= 0.3 is 13.2 Å². The van der Waals surface area contributed by atoms with Gasteiger partial charge in [-0.1, -0.05) is 93.6 Å². The molecule has 1 saturated heterocycles. The van der Waals surface area contributed by atoms with Crippen LogP contribution < -0.4 is 10.8 Å². The quantitative estimate of drug-likeness (QED) is 0.167. The van der Waals surface area contributed by atoms with E-state index in [-0.39, 0.29) is 54.2 Å². The Morgan fingerprint density at radius 3 is 1.90 bits per heavy atom. The molecular formula is C41H52BNO6. The SMILES string of the molecule is CC(CCCC(=O)C(NC(=O)OCC1c2ccccc2-c2ccccc21)C(C)C)C(=O)CCCc1ccc(B2OC(C)(C)C(C)(C)O2)cc1. The van der Waals surface area contributed by atoms with Gasteiger partial charge in [0.2, 0.25) is 0 Å². The van der Waals surface area contributed by atoms with E-state index in [2.05, 4.69) is 41.7 Å². The molecule has 2 atom stereocenters. The van der Waals surface area contributed by atoms with E-state index in [0.717, 1.165) is 29.4 Å². The zero-order valence-corrected chi connectivity index (χ0v) is 30.2. The molecule has 0 spiro atoms. The van der Waals surface area contributed by atoms with Gasteiger partial charge in [0.15, 0.2) is 5.78 Å². The van der Waals surface area contributed by atoms with E-state index in [0.29, 0.717) is 25.7 Å². The maximum Gasteiger partial charge on any atom is 0.494 e. The highest BCUT2D eigenvalue weighted by molar-refractivity contribution is 6.62. The van der Waals surface area contributed by atoms with E-state index in [1.54, 1.807) is 0 Å². The summed E-state index contributed by atoms with van der Waals surface area (Å²) in [6.45, 7) is 14.2. The molecule has 1 amide bonds. The first-order chi connectivity index (χ1) is 23.3. The summed E-state index contributed by atoms with van der Waals surface area (Å²) in [4.78, 5) is 39.0. The van der Waals surface area contributed by atoms with Crippen molar-refractivity contribution >= 4 is 30.2 Å². The number of ketones is 2. The number of aryl methyl sites for hydroxylation is 1. The summed E-state index contributed by atoms with van der Waals surface area (Å²) < 4.78 is 18.0. The number of fused-ring (bicyclic) bond motifs is 3. The van der Waals surface area contributed by atoms with Crippen LogP contribution in [0.5, 0.6) is 0 Å². The predicted octanol–water partition coefficient (Wildman–Crippen LogP) is 7.82. The van der Waals surface area contributed by atoms with Crippen LogP contribution >= 0.6 is 0 Å². The molecule has 8 heteroatoms. The van der Waals surface area contributed by atoms with Crippen LogP contribution in [-0.4, -0.2) is 48.6 Å². The Morgan fingerprint density at radius 1 is 0.776 bits per heavy atom. The Labute approximate surface area is 292 Å². The van der Waals surface area contributed by atoms with E-state index >= 15 is 0 Å². The zero-order chi connectivity index (χ0) is 35.3. The summed E-state index contributed by atoms with van der Waals surface area (Å²) in [5.41, 5.74) is 6.04. The standard InChI is InChI=1S/C41H52BNO6/c1-27(2)38(43-39(46)47-26-35-33-18-10-8-16-31(33)32-17-9-11-19-34(32)35)37(45)21-12-14-28(3)36(44)20-13-15-29-22-24-30(25-23-29)42-48-40(4,5)41(6,7)49-42/h8-11,16-19,22-25,27-28,35,38H,12-15,20-21,26H2,1-7H3,(H,43,46). The number of hydrogen-bond acceptors (Lipinski definition) is 6. The third kappa shape index (κ3) is 8.53. The molecule has 2 unspecified atom stereocenters. The number of alkyl carbamates (subject to hydrolysis) is 1. The van der Waals surface area contributed by atoms with Crippen molar-refractivity contribution in [3.8, 4) is 11.1 Å². The third-order valence-electron chi connectivity index (χ3n) is 10.6. The highest BCUT2D eigenvalue weighted by atomic mass is 16.7. The van der Waals surface area contributed by atoms with Gasteiger partial charge in [0.1, 0.15) is 12.4 Å². The Morgan fingerprint density at radius 2 is 1.33 bits per heavy atom. The predicted molar refractivity (Wildman–Crippen MR) is 195 cm³/mol. The minimum absolute atomic E-state index is 0.0351. The molecule has 49 heavy (non-hydrogen) atoms. The van der Waals surface area contributed by atoms with Gasteiger partial charge in [0, 0.05) is 24.7 Å². The fourth-order valence-electron chi connectivity index (χ4n) is 6.82. The fraction of sp³-hybridized carbons (Fsp3) is 0.488. The lowest BCUT2D eigenvalue weighted by atomic mass is 9.78. The summed E-state index contributed by atoms with van der Waals surface area (Å²) in [5, 5.41) is 2.83. The van der Waals surface area contributed by atoms with Crippen molar-refractivity contribution in [2.24, 2.45) is 11.8 Å². The number of rotatable bonds is 15. The molecular weight excluding hydrogens is 613 g/mol. The largest absolute Gasteiger partial charge is 0.494 e. The van der Waals surface area contributed by atoms with Gasteiger partial charge in [-0.15, -0.1) is 0 Å². The summed E-state index contributed by atoms with van der Waals surface area (Å²) in [6.07, 6.45) is 3.06. The lowest BCUT2D eigenvalue weighted by Gasteiger charge is -2.32. The first kappa shape index (κ1) is 36.5. The average Bonchev–Trinajstić information content (AvgIpc) is 3.50. The van der Waals surface area contributed by atoms with Crippen LogP contribution in [0.1, 0.15) is 103 Å². The van der Waals surface area contributed by atoms with Crippen LogP contribution in [0, 0.1) is 11.8 Å². The van der Waals surface area contributed by atoms with E-state index < -0.39 is 12.1 Å². The summed E-state index contributed by atoms with van der Waals surface area (Å²) in [5.74, 6) is -0.0619. The zero-order valence-electron chi connectivity index (χ0n) is 30.2. The van der Waals surface area contributed by atoms with Crippen LogP contribution in [0.25, 0.3) is 11.1 Å². The average molecular weight is 666 g/mol. The molecule has 0 bridgehead atoms. The van der Waals surface area contributed by atoms with Crippen molar-refractivity contribution in [3.63, 3.8) is 0 Å². The molecule has 260 valence electrons. The van der Waals surface area contributed by atoms with Gasteiger partial charge in [-0.05, 0) is 92.6 Å². The molecule has 3 aromatic carbocycles. The molecule has 1 aliphatic carbocycles. The molecule has 1 fully saturated rings. The van der Waals surface area contributed by atoms with Crippen molar-refractivity contribution in [2.75, 3.05) is 6.61 Å². The molecule has 7 nitrogen and oxygen atoms in total. The molecule has 1 aliphatic heterocycles. The fourth-order valence-corrected chi connectivity index (χ4v) is 6.82. The number of benzene rings is 3. The van der Waals surface area contributed by atoms with E-state index in [4.69, 9.17) is 14.0 Å². The maximum atomic E-state index is 13.2. The van der Waals surface area contributed by atoms with Gasteiger partial charge in [0.25, 0.3) is 0 Å². The number of ether oxygens (including phenoxy) is 1. The minimum atomic E-state index is -0.641.